The van der Waals surface area contributed by atoms with E-state index in [0.29, 0.717) is 6.54 Å². The van der Waals surface area contributed by atoms with Gasteiger partial charge in [-0.25, -0.2) is 9.37 Å². The third-order valence-electron chi connectivity index (χ3n) is 3.26. The summed E-state index contributed by atoms with van der Waals surface area (Å²) in [6.45, 7) is 0.501. The number of hydrogen-bond acceptors (Lipinski definition) is 2. The van der Waals surface area contributed by atoms with Crippen molar-refractivity contribution in [1.29, 1.82) is 0 Å². The van der Waals surface area contributed by atoms with Crippen LogP contribution in [0.25, 0.3) is 11.0 Å². The molecule has 1 heterocycles. The highest BCUT2D eigenvalue weighted by atomic mass is 19.1. The van der Waals surface area contributed by atoms with Crippen LogP contribution in [0.5, 0.6) is 0 Å². The fraction of sp³-hybridized carbons (Fsp3) is 0.125. The van der Waals surface area contributed by atoms with Gasteiger partial charge in [-0.3, -0.25) is 4.79 Å². The van der Waals surface area contributed by atoms with E-state index in [-0.39, 0.29) is 18.0 Å². The Kier molecular flexibility index (Phi) is 3.64. The second-order valence-corrected chi connectivity index (χ2v) is 4.70. The zero-order valence-electron chi connectivity index (χ0n) is 11.3. The highest BCUT2D eigenvalue weighted by Gasteiger charge is 2.07. The maximum absolute atomic E-state index is 13.4. The van der Waals surface area contributed by atoms with Crippen LogP contribution in [-0.2, 0) is 11.3 Å². The van der Waals surface area contributed by atoms with Crippen molar-refractivity contribution >= 4 is 22.6 Å². The number of hydrogen-bond donors (Lipinski definition) is 1. The Balaban J connectivity index is 1.65. The molecule has 0 spiro atoms. The van der Waals surface area contributed by atoms with Crippen LogP contribution >= 0.6 is 0 Å². The number of halogens is 1. The molecule has 1 N–H and O–H groups in total. The van der Waals surface area contributed by atoms with Crippen LogP contribution in [0.15, 0.2) is 54.9 Å². The van der Waals surface area contributed by atoms with Gasteiger partial charge in [0.25, 0.3) is 0 Å². The summed E-state index contributed by atoms with van der Waals surface area (Å²) in [7, 11) is 0. The molecule has 0 aliphatic heterocycles. The van der Waals surface area contributed by atoms with E-state index < -0.39 is 5.82 Å². The number of nitrogens with one attached hydrogen (secondary N) is 1. The Bertz CT molecular complexity index is 782. The van der Waals surface area contributed by atoms with Gasteiger partial charge in [-0.2, -0.15) is 0 Å². The van der Waals surface area contributed by atoms with Crippen molar-refractivity contribution in [2.24, 2.45) is 0 Å². The van der Waals surface area contributed by atoms with Gasteiger partial charge < -0.3 is 9.88 Å². The normalized spacial score (nSPS) is 10.7. The number of aromatic nitrogens is 2. The molecule has 1 amide bonds. The number of fused-ring (bicyclic) bond motifs is 1. The zero-order chi connectivity index (χ0) is 14.7. The SMILES string of the molecule is O=C(CCn1cnc2ccccc21)Nc1ccccc1F. The third-order valence-corrected chi connectivity index (χ3v) is 3.26. The molecule has 1 aromatic heterocycles. The number of amides is 1. The van der Waals surface area contributed by atoms with Gasteiger partial charge in [-0.1, -0.05) is 24.3 Å². The molecule has 0 unspecified atom stereocenters. The minimum atomic E-state index is -0.432. The first-order chi connectivity index (χ1) is 10.2. The van der Waals surface area contributed by atoms with E-state index in [1.807, 2.05) is 28.8 Å². The molecule has 21 heavy (non-hydrogen) atoms. The first kappa shape index (κ1) is 13.3. The summed E-state index contributed by atoms with van der Waals surface area (Å²) < 4.78 is 15.4. The highest BCUT2D eigenvalue weighted by Crippen LogP contribution is 2.14. The van der Waals surface area contributed by atoms with E-state index in [9.17, 15) is 9.18 Å². The predicted octanol–water partition coefficient (Wildman–Crippen LogP) is 3.20. The summed E-state index contributed by atoms with van der Waals surface area (Å²) >= 11 is 0. The van der Waals surface area contributed by atoms with Crippen LogP contribution in [0.1, 0.15) is 6.42 Å². The van der Waals surface area contributed by atoms with Crippen LogP contribution < -0.4 is 5.32 Å². The lowest BCUT2D eigenvalue weighted by atomic mass is 10.3. The van der Waals surface area contributed by atoms with E-state index in [0.717, 1.165) is 11.0 Å². The Morgan fingerprint density at radius 2 is 1.90 bits per heavy atom. The van der Waals surface area contributed by atoms with Crippen molar-refractivity contribution < 1.29 is 9.18 Å². The molecule has 0 bridgehead atoms. The van der Waals surface area contributed by atoms with Crippen molar-refractivity contribution in [3.05, 3.63) is 60.7 Å². The molecule has 0 saturated heterocycles. The van der Waals surface area contributed by atoms with E-state index in [1.165, 1.54) is 6.07 Å². The fourth-order valence-electron chi connectivity index (χ4n) is 2.19. The molecule has 0 aliphatic carbocycles. The number of aryl methyl sites for hydroxylation is 1. The van der Waals surface area contributed by atoms with E-state index >= 15 is 0 Å². The van der Waals surface area contributed by atoms with Crippen molar-refractivity contribution in [2.45, 2.75) is 13.0 Å². The summed E-state index contributed by atoms with van der Waals surface area (Å²) in [5.74, 6) is -0.656. The molecule has 106 valence electrons. The van der Waals surface area contributed by atoms with Gasteiger partial charge in [0.2, 0.25) is 5.91 Å². The number of anilines is 1. The molecule has 3 rings (SSSR count). The second-order valence-electron chi connectivity index (χ2n) is 4.70. The average Bonchev–Trinajstić information content (AvgIpc) is 2.91. The number of carbonyl (C=O) groups is 1. The summed E-state index contributed by atoms with van der Waals surface area (Å²) in [5.41, 5.74) is 2.08. The Hall–Kier alpha value is -2.69. The van der Waals surface area contributed by atoms with Gasteiger partial charge in [-0.15, -0.1) is 0 Å². The number of imidazole rings is 1. The van der Waals surface area contributed by atoms with Gasteiger partial charge in [-0.05, 0) is 24.3 Å². The lowest BCUT2D eigenvalue weighted by Crippen LogP contribution is -2.15. The Morgan fingerprint density at radius 3 is 2.76 bits per heavy atom. The van der Waals surface area contributed by atoms with Crippen LogP contribution in [0.2, 0.25) is 0 Å². The van der Waals surface area contributed by atoms with Crippen LogP contribution in [0.3, 0.4) is 0 Å². The lowest BCUT2D eigenvalue weighted by Gasteiger charge is -2.07. The number of rotatable bonds is 4. The van der Waals surface area contributed by atoms with Crippen molar-refractivity contribution in [3.8, 4) is 0 Å². The van der Waals surface area contributed by atoms with Gasteiger partial charge in [0.1, 0.15) is 5.82 Å². The molecule has 5 heteroatoms. The summed E-state index contributed by atoms with van der Waals surface area (Å²) in [4.78, 5) is 16.2. The molecular weight excluding hydrogens is 269 g/mol. The van der Waals surface area contributed by atoms with E-state index in [4.69, 9.17) is 0 Å². The smallest absolute Gasteiger partial charge is 0.226 e. The predicted molar refractivity (Wildman–Crippen MR) is 79.4 cm³/mol. The van der Waals surface area contributed by atoms with Gasteiger partial charge in [0.15, 0.2) is 0 Å². The Labute approximate surface area is 121 Å². The topological polar surface area (TPSA) is 46.9 Å². The zero-order valence-corrected chi connectivity index (χ0v) is 11.3. The van der Waals surface area contributed by atoms with E-state index in [1.54, 1.807) is 24.5 Å². The molecule has 0 aliphatic rings. The second kappa shape index (κ2) is 5.75. The molecule has 4 nitrogen and oxygen atoms in total. The molecule has 0 atom stereocenters. The van der Waals surface area contributed by atoms with Crippen LogP contribution in [0.4, 0.5) is 10.1 Å². The molecule has 3 aromatic rings. The first-order valence-corrected chi connectivity index (χ1v) is 6.68. The molecule has 0 radical (unpaired) electrons. The molecule has 2 aromatic carbocycles. The molecule has 0 saturated carbocycles. The maximum atomic E-state index is 13.4. The summed E-state index contributed by atoms with van der Waals surface area (Å²) in [6, 6.07) is 13.9. The summed E-state index contributed by atoms with van der Waals surface area (Å²) in [5, 5.41) is 2.57. The largest absolute Gasteiger partial charge is 0.330 e. The molecule has 0 fully saturated rings. The fourth-order valence-corrected chi connectivity index (χ4v) is 2.19. The van der Waals surface area contributed by atoms with E-state index in [2.05, 4.69) is 10.3 Å². The standard InChI is InChI=1S/C16H14FN3O/c17-12-5-1-2-6-13(12)19-16(21)9-10-20-11-18-14-7-3-4-8-15(14)20/h1-8,11H,9-10H2,(H,19,21). The van der Waals surface area contributed by atoms with Crippen molar-refractivity contribution in [1.82, 2.24) is 9.55 Å². The average molecular weight is 283 g/mol. The number of para-hydroxylation sites is 3. The molecular formula is C16H14FN3O. The summed E-state index contributed by atoms with van der Waals surface area (Å²) in [6.07, 6.45) is 1.97. The third kappa shape index (κ3) is 2.91. The number of nitrogens with zero attached hydrogens (tertiary/aromatic N) is 2. The monoisotopic (exact) mass is 283 g/mol. The number of carbonyl (C=O) groups excluding carboxylic acids is 1. The van der Waals surface area contributed by atoms with Crippen molar-refractivity contribution in [3.63, 3.8) is 0 Å². The maximum Gasteiger partial charge on any atom is 0.226 e. The quantitative estimate of drug-likeness (QED) is 0.799. The van der Waals surface area contributed by atoms with Gasteiger partial charge >= 0.3 is 0 Å². The van der Waals surface area contributed by atoms with Crippen molar-refractivity contribution in [2.75, 3.05) is 5.32 Å². The lowest BCUT2D eigenvalue weighted by molar-refractivity contribution is -0.116. The minimum absolute atomic E-state index is 0.206. The Morgan fingerprint density at radius 1 is 1.14 bits per heavy atom. The first-order valence-electron chi connectivity index (χ1n) is 6.68. The van der Waals surface area contributed by atoms with Gasteiger partial charge in [0, 0.05) is 13.0 Å². The van der Waals surface area contributed by atoms with Crippen LogP contribution in [0, 0.1) is 5.82 Å². The van der Waals surface area contributed by atoms with Gasteiger partial charge in [0.05, 0.1) is 23.0 Å². The van der Waals surface area contributed by atoms with Crippen LogP contribution in [-0.4, -0.2) is 15.5 Å². The minimum Gasteiger partial charge on any atom is -0.330 e. The number of benzene rings is 2. The highest BCUT2D eigenvalue weighted by molar-refractivity contribution is 5.90.